The number of hydrogen-bond donors (Lipinski definition) is 1. The van der Waals surface area contributed by atoms with Gasteiger partial charge in [0.15, 0.2) is 0 Å². The van der Waals surface area contributed by atoms with E-state index in [-0.39, 0.29) is 11.3 Å². The molecule has 0 saturated carbocycles. The molecule has 0 aliphatic rings. The number of carbonyl (C=O) groups is 1. The van der Waals surface area contributed by atoms with E-state index in [9.17, 15) is 13.6 Å². The Bertz CT molecular complexity index is 676. The molecule has 1 N–H and O–H groups in total. The van der Waals surface area contributed by atoms with Crippen LogP contribution in [0.1, 0.15) is 22.3 Å². The Morgan fingerprint density at radius 3 is 2.91 bits per heavy atom. The average Bonchev–Trinajstić information content (AvgIpc) is 2.90. The zero-order valence-corrected chi connectivity index (χ0v) is 14.0. The normalized spacial score (nSPS) is 10.8. The summed E-state index contributed by atoms with van der Waals surface area (Å²) in [4.78, 5) is 12.1. The van der Waals surface area contributed by atoms with Crippen molar-refractivity contribution < 1.29 is 18.3 Å². The minimum atomic E-state index is -2.98. The Balaban J connectivity index is 1.90. The first kappa shape index (κ1) is 17.4. The van der Waals surface area contributed by atoms with E-state index in [1.54, 1.807) is 10.9 Å². The van der Waals surface area contributed by atoms with Crippen LogP contribution in [-0.4, -0.2) is 28.8 Å². The van der Waals surface area contributed by atoms with E-state index in [2.05, 4.69) is 31.1 Å². The number of alkyl halides is 2. The number of carbonyl (C=O) groups excluding carboxylic acids is 1. The van der Waals surface area contributed by atoms with E-state index in [1.807, 2.05) is 13.1 Å². The topological polar surface area (TPSA) is 56.2 Å². The summed E-state index contributed by atoms with van der Waals surface area (Å²) in [6.45, 7) is 0.0276. The van der Waals surface area contributed by atoms with E-state index in [1.165, 1.54) is 18.2 Å². The SMILES string of the molecule is Cc1cnn(CCCNC(=O)c2cc(Br)ccc2OC(F)F)c1. The molecule has 0 atom stereocenters. The standard InChI is InChI=1S/C15H16BrF2N3O2/c1-10-8-20-21(9-10)6-2-5-19-14(22)12-7-11(16)3-4-13(12)23-15(17)18/h3-4,7-9,15H,2,5-6H2,1H3,(H,19,22). The van der Waals surface area contributed by atoms with Gasteiger partial charge in [0.1, 0.15) is 5.75 Å². The maximum atomic E-state index is 12.4. The van der Waals surface area contributed by atoms with Crippen molar-refractivity contribution in [2.24, 2.45) is 0 Å². The quantitative estimate of drug-likeness (QED) is 0.740. The third kappa shape index (κ3) is 5.31. The number of nitrogens with one attached hydrogen (secondary N) is 1. The van der Waals surface area contributed by atoms with Crippen LogP contribution in [0.3, 0.4) is 0 Å². The Morgan fingerprint density at radius 1 is 1.48 bits per heavy atom. The van der Waals surface area contributed by atoms with Crippen LogP contribution >= 0.6 is 15.9 Å². The smallest absolute Gasteiger partial charge is 0.387 e. The van der Waals surface area contributed by atoms with Crippen molar-refractivity contribution in [3.8, 4) is 5.75 Å². The molecule has 0 aliphatic carbocycles. The lowest BCUT2D eigenvalue weighted by molar-refractivity contribution is -0.0501. The molecular weight excluding hydrogens is 372 g/mol. The van der Waals surface area contributed by atoms with E-state index in [0.29, 0.717) is 24.0 Å². The zero-order valence-electron chi connectivity index (χ0n) is 12.4. The van der Waals surface area contributed by atoms with Crippen molar-refractivity contribution in [3.05, 3.63) is 46.2 Å². The number of nitrogens with zero attached hydrogens (tertiary/aromatic N) is 2. The molecule has 2 rings (SSSR count). The van der Waals surface area contributed by atoms with Crippen molar-refractivity contribution in [1.29, 1.82) is 0 Å². The number of ether oxygens (including phenoxy) is 1. The molecule has 0 fully saturated rings. The van der Waals surface area contributed by atoms with Gasteiger partial charge in [0, 0.05) is 23.8 Å². The van der Waals surface area contributed by atoms with Crippen molar-refractivity contribution in [2.45, 2.75) is 26.5 Å². The average molecular weight is 388 g/mol. The molecule has 124 valence electrons. The molecule has 0 unspecified atom stereocenters. The summed E-state index contributed by atoms with van der Waals surface area (Å²) in [5.74, 6) is -0.609. The number of hydrogen-bond acceptors (Lipinski definition) is 3. The highest BCUT2D eigenvalue weighted by Gasteiger charge is 2.16. The summed E-state index contributed by atoms with van der Waals surface area (Å²) in [6, 6.07) is 4.32. The van der Waals surface area contributed by atoms with Gasteiger partial charge in [-0.3, -0.25) is 9.48 Å². The lowest BCUT2D eigenvalue weighted by Crippen LogP contribution is -2.26. The highest BCUT2D eigenvalue weighted by atomic mass is 79.9. The molecule has 5 nitrogen and oxygen atoms in total. The Kier molecular flexibility index (Phi) is 6.09. The highest BCUT2D eigenvalue weighted by molar-refractivity contribution is 9.10. The fraction of sp³-hybridized carbons (Fsp3) is 0.333. The fourth-order valence-electron chi connectivity index (χ4n) is 2.01. The molecule has 1 heterocycles. The molecule has 0 spiro atoms. The molecule has 0 saturated heterocycles. The number of aryl methyl sites for hydroxylation is 2. The summed E-state index contributed by atoms with van der Waals surface area (Å²) in [7, 11) is 0. The number of aromatic nitrogens is 2. The second-order valence-electron chi connectivity index (χ2n) is 4.91. The minimum absolute atomic E-state index is 0.0645. The molecule has 0 aliphatic heterocycles. The summed E-state index contributed by atoms with van der Waals surface area (Å²) < 4.78 is 31.5. The zero-order chi connectivity index (χ0) is 16.8. The van der Waals surface area contributed by atoms with Gasteiger partial charge in [0.25, 0.3) is 5.91 Å². The van der Waals surface area contributed by atoms with E-state index in [0.717, 1.165) is 5.56 Å². The summed E-state index contributed by atoms with van der Waals surface area (Å²) in [5.41, 5.74) is 1.13. The van der Waals surface area contributed by atoms with Crippen LogP contribution in [0, 0.1) is 6.92 Å². The second-order valence-corrected chi connectivity index (χ2v) is 5.82. The van der Waals surface area contributed by atoms with Gasteiger partial charge in [-0.05, 0) is 37.1 Å². The molecule has 23 heavy (non-hydrogen) atoms. The van der Waals surface area contributed by atoms with Crippen molar-refractivity contribution in [2.75, 3.05) is 6.54 Å². The predicted molar refractivity (Wildman–Crippen MR) is 84.7 cm³/mol. The van der Waals surface area contributed by atoms with Crippen LogP contribution < -0.4 is 10.1 Å². The van der Waals surface area contributed by atoms with Crippen LogP contribution in [0.5, 0.6) is 5.75 Å². The van der Waals surface area contributed by atoms with E-state index >= 15 is 0 Å². The summed E-state index contributed by atoms with van der Waals surface area (Å²) >= 11 is 3.21. The Morgan fingerprint density at radius 2 is 2.26 bits per heavy atom. The van der Waals surface area contributed by atoms with E-state index in [4.69, 9.17) is 0 Å². The molecule has 1 amide bonds. The third-order valence-corrected chi connectivity index (χ3v) is 3.51. The third-order valence-electron chi connectivity index (χ3n) is 3.01. The summed E-state index contributed by atoms with van der Waals surface area (Å²) in [6.07, 6.45) is 4.34. The van der Waals surface area contributed by atoms with Crippen molar-refractivity contribution in [3.63, 3.8) is 0 Å². The van der Waals surface area contributed by atoms with Crippen LogP contribution in [0.4, 0.5) is 8.78 Å². The van der Waals surface area contributed by atoms with Gasteiger partial charge in [0.2, 0.25) is 0 Å². The number of amides is 1. The van der Waals surface area contributed by atoms with Gasteiger partial charge in [-0.2, -0.15) is 13.9 Å². The van der Waals surface area contributed by atoms with Crippen LogP contribution in [0.2, 0.25) is 0 Å². The first-order chi connectivity index (χ1) is 11.0. The van der Waals surface area contributed by atoms with Gasteiger partial charge in [0.05, 0.1) is 11.8 Å². The number of rotatable bonds is 7. The van der Waals surface area contributed by atoms with Gasteiger partial charge in [-0.1, -0.05) is 15.9 Å². The maximum absolute atomic E-state index is 12.4. The van der Waals surface area contributed by atoms with Crippen molar-refractivity contribution in [1.82, 2.24) is 15.1 Å². The lowest BCUT2D eigenvalue weighted by atomic mass is 10.2. The van der Waals surface area contributed by atoms with Crippen LogP contribution in [-0.2, 0) is 6.54 Å². The molecular formula is C15H16BrF2N3O2. The second kappa shape index (κ2) is 8.05. The predicted octanol–water partition coefficient (Wildman–Crippen LogP) is 3.38. The Hall–Kier alpha value is -1.96. The monoisotopic (exact) mass is 387 g/mol. The lowest BCUT2D eigenvalue weighted by Gasteiger charge is -2.11. The highest BCUT2D eigenvalue weighted by Crippen LogP contribution is 2.24. The Labute approximate surface area is 140 Å². The molecule has 0 radical (unpaired) electrons. The number of halogens is 3. The molecule has 1 aromatic carbocycles. The van der Waals surface area contributed by atoms with Gasteiger partial charge in [-0.15, -0.1) is 0 Å². The largest absolute Gasteiger partial charge is 0.434 e. The molecule has 1 aromatic heterocycles. The fourth-order valence-corrected chi connectivity index (χ4v) is 2.37. The van der Waals surface area contributed by atoms with Crippen molar-refractivity contribution >= 4 is 21.8 Å². The van der Waals surface area contributed by atoms with E-state index < -0.39 is 12.5 Å². The first-order valence-corrected chi connectivity index (χ1v) is 7.76. The minimum Gasteiger partial charge on any atom is -0.434 e. The van der Waals surface area contributed by atoms with Gasteiger partial charge < -0.3 is 10.1 Å². The summed E-state index contributed by atoms with van der Waals surface area (Å²) in [5, 5.41) is 6.83. The van der Waals surface area contributed by atoms with Crippen LogP contribution in [0.25, 0.3) is 0 Å². The molecule has 2 aromatic rings. The first-order valence-electron chi connectivity index (χ1n) is 6.97. The van der Waals surface area contributed by atoms with Gasteiger partial charge >= 0.3 is 6.61 Å². The van der Waals surface area contributed by atoms with Crippen LogP contribution in [0.15, 0.2) is 35.1 Å². The van der Waals surface area contributed by atoms with Gasteiger partial charge in [-0.25, -0.2) is 0 Å². The maximum Gasteiger partial charge on any atom is 0.387 e. The molecule has 8 heteroatoms. The number of benzene rings is 1. The molecule has 0 bridgehead atoms.